The van der Waals surface area contributed by atoms with E-state index in [2.05, 4.69) is 19.2 Å². The number of rotatable bonds is 38. The largest absolute Gasteiger partial charge is 0.481 e. The number of nitrogens with two attached hydrogens (primary N) is 1. The van der Waals surface area contributed by atoms with E-state index in [1.165, 1.54) is 108 Å². The molecule has 12 nitrogen and oxygen atoms in total. The molecule has 12 heteroatoms. The molecule has 0 aliphatic carbocycles. The minimum absolute atomic E-state index is 0.0804. The molecule has 0 spiro atoms. The number of Topliss-reactive ketones (excluding diaryl/α,β-unsaturated/α-hetero) is 1. The highest BCUT2D eigenvalue weighted by atomic mass is 16.6. The van der Waals surface area contributed by atoms with Crippen LogP contribution in [0.3, 0.4) is 0 Å². The molecule has 0 bridgehead atoms. The number of carboxylic acid groups (broad SMARTS) is 1. The zero-order chi connectivity index (χ0) is 43.9. The predicted molar refractivity (Wildman–Crippen MR) is 235 cm³/mol. The van der Waals surface area contributed by atoms with Crippen LogP contribution in [0.1, 0.15) is 220 Å². The van der Waals surface area contributed by atoms with Crippen LogP contribution in [0.2, 0.25) is 0 Å². The van der Waals surface area contributed by atoms with E-state index < -0.39 is 60.4 Å². The van der Waals surface area contributed by atoms with Gasteiger partial charge in [0.05, 0.1) is 18.8 Å². The highest BCUT2D eigenvalue weighted by Crippen LogP contribution is 2.37. The molecule has 7 N–H and O–H groups in total. The van der Waals surface area contributed by atoms with Gasteiger partial charge in [0.15, 0.2) is 5.78 Å². The molecule has 0 aromatic carbocycles. The Morgan fingerprint density at radius 3 is 1.51 bits per heavy atom. The van der Waals surface area contributed by atoms with Gasteiger partial charge in [0.25, 0.3) is 0 Å². The lowest BCUT2D eigenvalue weighted by Gasteiger charge is -2.53. The van der Waals surface area contributed by atoms with E-state index in [1.54, 1.807) is 0 Å². The number of amides is 2. The summed E-state index contributed by atoms with van der Waals surface area (Å²) in [6.45, 7) is 7.65. The Hall–Kier alpha value is -2.12. The Kier molecular flexibility index (Phi) is 31.2. The van der Waals surface area contributed by atoms with Gasteiger partial charge in [-0.3, -0.25) is 24.9 Å². The number of hydrogen-bond donors (Lipinski definition) is 6. The highest BCUT2D eigenvalue weighted by molar-refractivity contribution is 5.92. The molecule has 1 saturated heterocycles. The van der Waals surface area contributed by atoms with Gasteiger partial charge < -0.3 is 35.4 Å². The first-order valence-electron chi connectivity index (χ1n) is 24.1. The van der Waals surface area contributed by atoms with E-state index in [9.17, 15) is 34.5 Å². The van der Waals surface area contributed by atoms with Gasteiger partial charge in [-0.2, -0.15) is 0 Å². The molecule has 1 fully saturated rings. The maximum Gasteiger partial charge on any atom is 0.303 e. The Bertz CT molecular complexity index is 1120. The first-order chi connectivity index (χ1) is 28.3. The van der Waals surface area contributed by atoms with Crippen molar-refractivity contribution in [2.24, 2.45) is 17.6 Å². The highest BCUT2D eigenvalue weighted by Gasteiger charge is 2.59. The summed E-state index contributed by atoms with van der Waals surface area (Å²) < 4.78 is 6.17. The molecule has 1 aliphatic heterocycles. The van der Waals surface area contributed by atoms with Crippen molar-refractivity contribution in [2.45, 2.75) is 251 Å². The van der Waals surface area contributed by atoms with Crippen LogP contribution in [0.15, 0.2) is 0 Å². The van der Waals surface area contributed by atoms with Crippen LogP contribution in [0.5, 0.6) is 0 Å². The third-order valence-corrected chi connectivity index (χ3v) is 12.0. The molecule has 0 unspecified atom stereocenters. The minimum Gasteiger partial charge on any atom is -0.481 e. The minimum atomic E-state index is -2.21. The van der Waals surface area contributed by atoms with Crippen molar-refractivity contribution >= 4 is 23.6 Å². The van der Waals surface area contributed by atoms with Crippen molar-refractivity contribution in [1.82, 2.24) is 10.2 Å². The monoisotopic (exact) mass is 840 g/mol. The molecule has 2 amide bonds. The number of nitrogens with one attached hydrogen (secondary N) is 1. The second-order valence-electron chi connectivity index (χ2n) is 17.9. The zero-order valence-electron chi connectivity index (χ0n) is 37.9. The number of ketones is 1. The number of aliphatic carboxylic acids is 1. The van der Waals surface area contributed by atoms with E-state index in [0.29, 0.717) is 12.8 Å². The van der Waals surface area contributed by atoms with Crippen LogP contribution in [-0.4, -0.2) is 92.2 Å². The summed E-state index contributed by atoms with van der Waals surface area (Å²) in [4.78, 5) is 54.2. The molecule has 1 heterocycles. The fourth-order valence-electron chi connectivity index (χ4n) is 8.43. The number of carbonyl (C=O) groups excluding carboxylic acids is 3. The van der Waals surface area contributed by atoms with E-state index in [4.69, 9.17) is 15.6 Å². The van der Waals surface area contributed by atoms with Crippen molar-refractivity contribution in [3.8, 4) is 0 Å². The van der Waals surface area contributed by atoms with E-state index in [-0.39, 0.29) is 50.5 Å². The van der Waals surface area contributed by atoms with E-state index >= 15 is 0 Å². The first kappa shape index (κ1) is 54.9. The van der Waals surface area contributed by atoms with Gasteiger partial charge in [0, 0.05) is 25.8 Å². The van der Waals surface area contributed by atoms with Crippen LogP contribution in [0.4, 0.5) is 0 Å². The lowest BCUT2D eigenvalue weighted by molar-refractivity contribution is -0.292. The number of nitrogens with zero attached hydrogens (tertiary/aromatic N) is 1. The van der Waals surface area contributed by atoms with Crippen LogP contribution in [0, 0.1) is 11.8 Å². The van der Waals surface area contributed by atoms with Crippen molar-refractivity contribution in [1.29, 1.82) is 0 Å². The molecular weight excluding hydrogens is 751 g/mol. The summed E-state index contributed by atoms with van der Waals surface area (Å²) in [5, 5.41) is 44.6. The molecule has 0 aromatic rings. The number of carbonyl (C=O) groups is 4. The first-order valence-corrected chi connectivity index (χ1v) is 24.1. The SMILES string of the molecule is CCCCCCCCCCCCCCCCCC(=O)N(CCCCCCCCCCCC)[C@]1(N)O[C@H](CO)[C@@H](O)[C@H](O)[C@H]1C(=O)[C@H](CC(C)C)NC(=O)CCCC(=O)O. The number of unbranched alkanes of at least 4 members (excludes halogenated alkanes) is 23. The Balaban J connectivity index is 3.08. The number of hydrogen-bond acceptors (Lipinski definition) is 9. The Morgan fingerprint density at radius 2 is 1.08 bits per heavy atom. The molecule has 1 rings (SSSR count). The molecule has 0 radical (unpaired) electrons. The molecule has 1 aliphatic rings. The smallest absolute Gasteiger partial charge is 0.303 e. The van der Waals surface area contributed by atoms with Crippen LogP contribution < -0.4 is 11.1 Å². The zero-order valence-corrected chi connectivity index (χ0v) is 37.9. The van der Waals surface area contributed by atoms with E-state index in [0.717, 1.165) is 44.9 Å². The predicted octanol–water partition coefficient (Wildman–Crippen LogP) is 8.69. The summed E-state index contributed by atoms with van der Waals surface area (Å²) >= 11 is 0. The molecule has 346 valence electrons. The second kappa shape index (κ2) is 33.5. The summed E-state index contributed by atoms with van der Waals surface area (Å²) in [6.07, 6.45) is 23.9. The van der Waals surface area contributed by atoms with Gasteiger partial charge in [0.1, 0.15) is 18.1 Å². The molecule has 6 atom stereocenters. The maximum atomic E-state index is 14.6. The number of carboxylic acids is 1. The third kappa shape index (κ3) is 23.1. The van der Waals surface area contributed by atoms with Gasteiger partial charge in [-0.1, -0.05) is 175 Å². The standard InChI is InChI=1S/C47H89N3O9/c1-5-7-9-11-13-15-17-18-19-20-21-22-24-26-28-32-41(53)50(34-29-27-25-23-16-14-12-10-8-6-2)47(48)43(46(58)45(57)39(36-51)59-47)44(56)38(35-37(3)4)49-40(52)31-30-33-42(54)55/h37-39,43,45-46,51,57-58H,5-36,48H2,1-4H3,(H,49,52)(H,54,55)/t38-,39+,43+,45+,46+,47-/m0/s1. The lowest BCUT2D eigenvalue weighted by Crippen LogP contribution is -2.76. The topological polar surface area (TPSA) is 200 Å². The van der Waals surface area contributed by atoms with Crippen LogP contribution >= 0.6 is 0 Å². The van der Waals surface area contributed by atoms with Gasteiger partial charge in [0.2, 0.25) is 17.7 Å². The van der Waals surface area contributed by atoms with Gasteiger partial charge in [-0.25, -0.2) is 0 Å². The molecular formula is C47H89N3O9. The van der Waals surface area contributed by atoms with E-state index in [1.807, 2.05) is 13.8 Å². The summed E-state index contributed by atoms with van der Waals surface area (Å²) in [6, 6.07) is -1.15. The van der Waals surface area contributed by atoms with Crippen LogP contribution in [0.25, 0.3) is 0 Å². The molecule has 0 saturated carbocycles. The fraction of sp³-hybridized carbons (Fsp3) is 0.915. The van der Waals surface area contributed by atoms with Crippen molar-refractivity contribution in [2.75, 3.05) is 13.2 Å². The third-order valence-electron chi connectivity index (χ3n) is 12.0. The quantitative estimate of drug-likeness (QED) is 0.0258. The van der Waals surface area contributed by atoms with Gasteiger partial charge >= 0.3 is 5.97 Å². The average molecular weight is 840 g/mol. The maximum absolute atomic E-state index is 14.6. The molecule has 0 aromatic heterocycles. The Labute approximate surface area is 358 Å². The summed E-state index contributed by atoms with van der Waals surface area (Å²) in [7, 11) is 0. The van der Waals surface area contributed by atoms with Gasteiger partial charge in [-0.15, -0.1) is 0 Å². The van der Waals surface area contributed by atoms with Crippen molar-refractivity contribution in [3.05, 3.63) is 0 Å². The summed E-state index contributed by atoms with van der Waals surface area (Å²) in [5.74, 6) is -6.51. The normalized spacial score (nSPS) is 21.1. The van der Waals surface area contributed by atoms with Crippen LogP contribution in [-0.2, 0) is 23.9 Å². The van der Waals surface area contributed by atoms with Crippen molar-refractivity contribution < 1.29 is 44.3 Å². The number of ether oxygens (including phenoxy) is 1. The average Bonchev–Trinajstić information content (AvgIpc) is 3.19. The fourth-order valence-corrected chi connectivity index (χ4v) is 8.43. The lowest BCUT2D eigenvalue weighted by atomic mass is 9.79. The Morgan fingerprint density at radius 1 is 0.644 bits per heavy atom. The number of aliphatic hydroxyl groups excluding tert-OH is 3. The molecule has 59 heavy (non-hydrogen) atoms. The number of aliphatic hydroxyl groups is 3. The van der Waals surface area contributed by atoms with Gasteiger partial charge in [-0.05, 0) is 31.6 Å². The summed E-state index contributed by atoms with van der Waals surface area (Å²) in [5.41, 5.74) is 7.06. The second-order valence-corrected chi connectivity index (χ2v) is 17.9. The van der Waals surface area contributed by atoms with Crippen molar-refractivity contribution in [3.63, 3.8) is 0 Å².